The molecule has 0 radical (unpaired) electrons. The topological polar surface area (TPSA) is 70.4 Å². The minimum Gasteiger partial charge on any atom is -0.465 e. The van der Waals surface area contributed by atoms with Crippen LogP contribution in [-0.4, -0.2) is 51.8 Å². The second-order valence-corrected chi connectivity index (χ2v) is 7.26. The summed E-state index contributed by atoms with van der Waals surface area (Å²) in [4.78, 5) is 17.1. The molecule has 30 heavy (non-hydrogen) atoms. The van der Waals surface area contributed by atoms with Gasteiger partial charge in [-0.1, -0.05) is 0 Å². The van der Waals surface area contributed by atoms with Gasteiger partial charge in [-0.15, -0.1) is 0 Å². The van der Waals surface area contributed by atoms with Gasteiger partial charge in [0.25, 0.3) is 0 Å². The first-order valence-electron chi connectivity index (χ1n) is 9.83. The second kappa shape index (κ2) is 9.03. The lowest BCUT2D eigenvalue weighted by molar-refractivity contribution is -0.139. The molecule has 10 heteroatoms. The summed E-state index contributed by atoms with van der Waals surface area (Å²) < 4.78 is 54.8. The third-order valence-electron chi connectivity index (χ3n) is 5.34. The molecule has 1 amide bonds. The molecule has 0 unspecified atom stereocenters. The van der Waals surface area contributed by atoms with Crippen molar-refractivity contribution in [3.8, 4) is 11.3 Å². The zero-order chi connectivity index (χ0) is 21.9. The molecule has 164 valence electrons. The van der Waals surface area contributed by atoms with E-state index in [2.05, 4.69) is 10.3 Å². The quantitative estimate of drug-likeness (QED) is 0.678. The number of hydrogen-bond donors (Lipinski definition) is 2. The number of hydrogen-bond acceptors (Lipinski definition) is 3. The first kappa shape index (κ1) is 22.1. The van der Waals surface area contributed by atoms with E-state index in [9.17, 15) is 27.5 Å². The molecule has 0 spiro atoms. The van der Waals surface area contributed by atoms with Crippen molar-refractivity contribution in [3.05, 3.63) is 41.6 Å². The molecule has 6 nitrogen and oxygen atoms in total. The minimum absolute atomic E-state index is 0.113. The van der Waals surface area contributed by atoms with E-state index in [0.29, 0.717) is 24.6 Å². The number of alkyl halides is 3. The van der Waals surface area contributed by atoms with Crippen LogP contribution < -0.4 is 5.32 Å². The van der Waals surface area contributed by atoms with Crippen molar-refractivity contribution in [2.24, 2.45) is 0 Å². The van der Waals surface area contributed by atoms with Crippen LogP contribution in [0.25, 0.3) is 11.3 Å². The van der Waals surface area contributed by atoms with Crippen molar-refractivity contribution in [2.75, 3.05) is 26.2 Å². The molecule has 2 heterocycles. The fourth-order valence-electron chi connectivity index (χ4n) is 3.67. The Labute approximate surface area is 171 Å². The molecule has 0 saturated carbocycles. The van der Waals surface area contributed by atoms with Crippen LogP contribution in [0.15, 0.2) is 24.4 Å². The van der Waals surface area contributed by atoms with Gasteiger partial charge in [-0.25, -0.2) is 14.2 Å². The standard InChI is InChI=1S/C20H24F4N4O2/c1-2-27(19(29)30)9-10-28-12-17(26-18(28)13-5-7-25-8-6-13)14-3-4-16(21)15(11-14)20(22,23)24/h3-4,11-13,25H,2,5-10H2,1H3,(H,29,30). The number of likely N-dealkylation sites (N-methyl/N-ethyl adjacent to an activating group) is 1. The van der Waals surface area contributed by atoms with Gasteiger partial charge in [0.05, 0.1) is 11.3 Å². The Morgan fingerprint density at radius 2 is 2.03 bits per heavy atom. The Hall–Kier alpha value is -2.62. The molecule has 3 rings (SSSR count). The Bertz CT molecular complexity index is 891. The van der Waals surface area contributed by atoms with Gasteiger partial charge in [-0.2, -0.15) is 13.2 Å². The van der Waals surface area contributed by atoms with E-state index < -0.39 is 23.7 Å². The predicted octanol–water partition coefficient (Wildman–Crippen LogP) is 4.17. The van der Waals surface area contributed by atoms with E-state index in [0.717, 1.165) is 38.1 Å². The summed E-state index contributed by atoms with van der Waals surface area (Å²) in [5, 5.41) is 12.5. The molecule has 1 saturated heterocycles. The number of benzene rings is 1. The highest BCUT2D eigenvalue weighted by Gasteiger charge is 2.34. The zero-order valence-corrected chi connectivity index (χ0v) is 16.5. The molecule has 1 aliphatic rings. The third-order valence-corrected chi connectivity index (χ3v) is 5.34. The highest BCUT2D eigenvalue weighted by atomic mass is 19.4. The molecule has 2 N–H and O–H groups in total. The molecule has 1 fully saturated rings. The highest BCUT2D eigenvalue weighted by molar-refractivity contribution is 5.64. The molecular formula is C20H24F4N4O2. The zero-order valence-electron chi connectivity index (χ0n) is 16.5. The minimum atomic E-state index is -4.80. The fourth-order valence-corrected chi connectivity index (χ4v) is 3.67. The second-order valence-electron chi connectivity index (χ2n) is 7.26. The van der Waals surface area contributed by atoms with Crippen LogP contribution >= 0.6 is 0 Å². The summed E-state index contributed by atoms with van der Waals surface area (Å²) in [5.41, 5.74) is -0.850. The molecule has 2 aromatic rings. The Kier molecular flexibility index (Phi) is 6.64. The van der Waals surface area contributed by atoms with Gasteiger partial charge < -0.3 is 19.9 Å². The summed E-state index contributed by atoms with van der Waals surface area (Å²) in [6.45, 7) is 4.23. The largest absolute Gasteiger partial charge is 0.465 e. The summed E-state index contributed by atoms with van der Waals surface area (Å²) >= 11 is 0. The highest BCUT2D eigenvalue weighted by Crippen LogP contribution is 2.35. The summed E-state index contributed by atoms with van der Waals surface area (Å²) in [6.07, 6.45) is -2.56. The van der Waals surface area contributed by atoms with Crippen molar-refractivity contribution >= 4 is 6.09 Å². The maximum Gasteiger partial charge on any atom is 0.419 e. The van der Waals surface area contributed by atoms with Crippen LogP contribution in [0.5, 0.6) is 0 Å². The number of rotatable bonds is 6. The van der Waals surface area contributed by atoms with E-state index in [1.807, 2.05) is 4.57 Å². The number of nitrogens with one attached hydrogen (secondary N) is 1. The average Bonchev–Trinajstić information content (AvgIpc) is 3.12. The maximum absolute atomic E-state index is 13.7. The van der Waals surface area contributed by atoms with Crippen LogP contribution in [-0.2, 0) is 12.7 Å². The lowest BCUT2D eigenvalue weighted by Gasteiger charge is -2.24. The van der Waals surface area contributed by atoms with Gasteiger partial charge in [0.2, 0.25) is 0 Å². The monoisotopic (exact) mass is 428 g/mol. The number of carboxylic acid groups (broad SMARTS) is 1. The third kappa shape index (κ3) is 4.92. The van der Waals surface area contributed by atoms with E-state index in [4.69, 9.17) is 0 Å². The van der Waals surface area contributed by atoms with Crippen molar-refractivity contribution < 1.29 is 27.5 Å². The number of aromatic nitrogens is 2. The van der Waals surface area contributed by atoms with Crippen molar-refractivity contribution in [3.63, 3.8) is 0 Å². The fraction of sp³-hybridized carbons (Fsp3) is 0.500. The van der Waals surface area contributed by atoms with Gasteiger partial charge in [0, 0.05) is 37.3 Å². The Morgan fingerprint density at radius 3 is 2.63 bits per heavy atom. The van der Waals surface area contributed by atoms with Crippen LogP contribution in [0.2, 0.25) is 0 Å². The molecule has 1 aliphatic heterocycles. The SMILES string of the molecule is CCN(CCn1cc(-c2ccc(F)c(C(F)(F)F)c2)nc1C1CCNCC1)C(=O)O. The molecule has 0 aliphatic carbocycles. The number of piperidine rings is 1. The van der Waals surface area contributed by atoms with Crippen LogP contribution in [0.1, 0.15) is 37.1 Å². The molecule has 1 aromatic carbocycles. The lowest BCUT2D eigenvalue weighted by atomic mass is 9.97. The van der Waals surface area contributed by atoms with Crippen molar-refractivity contribution in [1.29, 1.82) is 0 Å². The number of nitrogens with zero attached hydrogens (tertiary/aromatic N) is 3. The van der Waals surface area contributed by atoms with Crippen LogP contribution in [0, 0.1) is 5.82 Å². The van der Waals surface area contributed by atoms with Gasteiger partial charge in [-0.05, 0) is 51.1 Å². The first-order chi connectivity index (χ1) is 14.2. The smallest absolute Gasteiger partial charge is 0.419 e. The van der Waals surface area contributed by atoms with Crippen molar-refractivity contribution in [1.82, 2.24) is 19.8 Å². The first-order valence-corrected chi connectivity index (χ1v) is 9.83. The molecule has 0 bridgehead atoms. The van der Waals surface area contributed by atoms with Crippen LogP contribution in [0.3, 0.4) is 0 Å². The van der Waals surface area contributed by atoms with E-state index in [1.165, 1.54) is 11.0 Å². The van der Waals surface area contributed by atoms with Gasteiger partial charge in [0.15, 0.2) is 0 Å². The average molecular weight is 428 g/mol. The van der Waals surface area contributed by atoms with Crippen LogP contribution in [0.4, 0.5) is 22.4 Å². The van der Waals surface area contributed by atoms with E-state index in [1.54, 1.807) is 13.1 Å². The normalized spacial score (nSPS) is 15.4. The van der Waals surface area contributed by atoms with Gasteiger partial charge >= 0.3 is 12.3 Å². The van der Waals surface area contributed by atoms with Gasteiger partial charge in [0.1, 0.15) is 11.6 Å². The Morgan fingerprint density at radius 1 is 1.33 bits per heavy atom. The molecule has 0 atom stereocenters. The number of amides is 1. The lowest BCUT2D eigenvalue weighted by Crippen LogP contribution is -2.33. The Balaban J connectivity index is 1.96. The van der Waals surface area contributed by atoms with E-state index >= 15 is 0 Å². The van der Waals surface area contributed by atoms with Crippen molar-refractivity contribution in [2.45, 2.75) is 38.4 Å². The summed E-state index contributed by atoms with van der Waals surface area (Å²) in [5.74, 6) is -0.502. The number of imidazole rings is 1. The number of carbonyl (C=O) groups is 1. The molecular weight excluding hydrogens is 404 g/mol. The predicted molar refractivity (Wildman–Crippen MR) is 103 cm³/mol. The molecule has 1 aromatic heterocycles. The summed E-state index contributed by atoms with van der Waals surface area (Å²) in [6, 6.07) is 2.84. The summed E-state index contributed by atoms with van der Waals surface area (Å²) in [7, 11) is 0. The maximum atomic E-state index is 13.7. The van der Waals surface area contributed by atoms with Gasteiger partial charge in [-0.3, -0.25) is 0 Å². The number of halogens is 4. The van der Waals surface area contributed by atoms with E-state index in [-0.39, 0.29) is 18.0 Å².